The summed E-state index contributed by atoms with van der Waals surface area (Å²) in [6, 6.07) is 12.3. The molecular weight excluding hydrogens is 310 g/mol. The van der Waals surface area contributed by atoms with E-state index in [1.54, 1.807) is 11.3 Å². The summed E-state index contributed by atoms with van der Waals surface area (Å²) in [5.74, 6) is 0. The molecule has 0 fully saturated rings. The van der Waals surface area contributed by atoms with Gasteiger partial charge in [0.15, 0.2) is 10.2 Å². The summed E-state index contributed by atoms with van der Waals surface area (Å²) >= 11 is 6.99. The smallest absolute Gasteiger partial charge is 0.190 e. The number of nitrogens with zero attached hydrogens (tertiary/aromatic N) is 1. The summed E-state index contributed by atoms with van der Waals surface area (Å²) in [5.41, 5.74) is 5.71. The van der Waals surface area contributed by atoms with Crippen LogP contribution in [0.3, 0.4) is 0 Å². The van der Waals surface area contributed by atoms with Crippen molar-refractivity contribution in [2.24, 2.45) is 0 Å². The number of thiocarbonyl (C=S) groups is 1. The summed E-state index contributed by atoms with van der Waals surface area (Å²) in [7, 11) is 0. The molecule has 22 heavy (non-hydrogen) atoms. The quantitative estimate of drug-likeness (QED) is 0.647. The van der Waals surface area contributed by atoms with E-state index in [1.807, 2.05) is 31.2 Å². The zero-order valence-electron chi connectivity index (χ0n) is 12.7. The first-order valence-corrected chi connectivity index (χ1v) is 8.27. The molecule has 3 rings (SSSR count). The number of thiazole rings is 1. The second-order valence-corrected chi connectivity index (χ2v) is 6.76. The molecule has 3 nitrogen and oxygen atoms in total. The molecule has 0 aliphatic rings. The van der Waals surface area contributed by atoms with E-state index in [4.69, 9.17) is 12.2 Å². The van der Waals surface area contributed by atoms with E-state index in [0.717, 1.165) is 21.9 Å². The van der Waals surface area contributed by atoms with Gasteiger partial charge < -0.3 is 10.6 Å². The number of aryl methyl sites for hydroxylation is 3. The topological polar surface area (TPSA) is 37.0 Å². The van der Waals surface area contributed by atoms with Crippen LogP contribution in [0.5, 0.6) is 0 Å². The van der Waals surface area contributed by atoms with E-state index in [2.05, 4.69) is 41.6 Å². The number of para-hydroxylation sites is 1. The first-order chi connectivity index (χ1) is 10.5. The Kier molecular flexibility index (Phi) is 4.09. The second-order valence-electron chi connectivity index (χ2n) is 5.32. The van der Waals surface area contributed by atoms with Crippen molar-refractivity contribution < 1.29 is 0 Å². The number of rotatable bonds is 2. The Morgan fingerprint density at radius 2 is 1.73 bits per heavy atom. The molecule has 0 spiro atoms. The van der Waals surface area contributed by atoms with Gasteiger partial charge in [-0.25, -0.2) is 4.98 Å². The van der Waals surface area contributed by atoms with Crippen LogP contribution in [0.1, 0.15) is 16.7 Å². The van der Waals surface area contributed by atoms with Crippen molar-refractivity contribution in [2.45, 2.75) is 20.8 Å². The Bertz CT molecular complexity index is 813. The van der Waals surface area contributed by atoms with Gasteiger partial charge in [0.05, 0.1) is 10.2 Å². The first-order valence-electron chi connectivity index (χ1n) is 7.04. The predicted molar refractivity (Wildman–Crippen MR) is 100 cm³/mol. The van der Waals surface area contributed by atoms with E-state index in [1.165, 1.54) is 15.8 Å². The molecule has 0 bridgehead atoms. The molecule has 2 aromatic carbocycles. The fraction of sp³-hybridized carbons (Fsp3) is 0.176. The van der Waals surface area contributed by atoms with E-state index in [-0.39, 0.29) is 0 Å². The van der Waals surface area contributed by atoms with Gasteiger partial charge in [0.25, 0.3) is 0 Å². The van der Waals surface area contributed by atoms with Gasteiger partial charge in [0, 0.05) is 5.69 Å². The van der Waals surface area contributed by atoms with Gasteiger partial charge >= 0.3 is 0 Å². The largest absolute Gasteiger partial charge is 0.332 e. The molecule has 2 N–H and O–H groups in total. The summed E-state index contributed by atoms with van der Waals surface area (Å²) in [4.78, 5) is 4.60. The van der Waals surface area contributed by atoms with Crippen LogP contribution in [0.15, 0.2) is 36.4 Å². The Morgan fingerprint density at radius 3 is 2.50 bits per heavy atom. The molecule has 0 saturated heterocycles. The van der Waals surface area contributed by atoms with Crippen LogP contribution in [0.25, 0.3) is 10.2 Å². The highest BCUT2D eigenvalue weighted by Crippen LogP contribution is 2.28. The molecule has 112 valence electrons. The minimum atomic E-state index is 0.557. The van der Waals surface area contributed by atoms with E-state index in [9.17, 15) is 0 Å². The van der Waals surface area contributed by atoms with E-state index >= 15 is 0 Å². The van der Waals surface area contributed by atoms with E-state index < -0.39 is 0 Å². The van der Waals surface area contributed by atoms with Gasteiger partial charge in [-0.2, -0.15) is 0 Å². The van der Waals surface area contributed by atoms with Gasteiger partial charge in [-0.1, -0.05) is 29.5 Å². The Balaban J connectivity index is 1.78. The molecule has 1 heterocycles. The number of hydrogen-bond donors (Lipinski definition) is 2. The molecule has 0 unspecified atom stereocenters. The van der Waals surface area contributed by atoms with Crippen LogP contribution in [-0.4, -0.2) is 10.1 Å². The normalized spacial score (nSPS) is 10.7. The van der Waals surface area contributed by atoms with Crippen LogP contribution in [0.4, 0.5) is 10.8 Å². The van der Waals surface area contributed by atoms with Crippen molar-refractivity contribution >= 4 is 49.7 Å². The maximum absolute atomic E-state index is 5.38. The van der Waals surface area contributed by atoms with Crippen molar-refractivity contribution in [1.82, 2.24) is 4.98 Å². The molecular formula is C17H17N3S2. The fourth-order valence-electron chi connectivity index (χ4n) is 2.20. The minimum absolute atomic E-state index is 0.557. The van der Waals surface area contributed by atoms with Crippen LogP contribution in [0, 0.1) is 20.8 Å². The standard InChI is InChI=1S/C17H17N3S2/c1-10-6-4-5-7-13(10)18-16(21)20-17-19-14-8-11(2)12(3)9-15(14)22-17/h4-9H,1-3H3,(H2,18,19,20,21). The lowest BCUT2D eigenvalue weighted by molar-refractivity contribution is 1.35. The lowest BCUT2D eigenvalue weighted by atomic mass is 10.1. The van der Waals surface area contributed by atoms with Crippen LogP contribution < -0.4 is 10.6 Å². The number of fused-ring (bicyclic) bond motifs is 1. The monoisotopic (exact) mass is 327 g/mol. The fourth-order valence-corrected chi connectivity index (χ4v) is 3.42. The zero-order chi connectivity index (χ0) is 15.7. The zero-order valence-corrected chi connectivity index (χ0v) is 14.4. The molecule has 0 aliphatic heterocycles. The average molecular weight is 327 g/mol. The highest BCUT2D eigenvalue weighted by Gasteiger charge is 2.08. The maximum atomic E-state index is 5.38. The van der Waals surface area contributed by atoms with Gasteiger partial charge in [0.2, 0.25) is 0 Å². The third kappa shape index (κ3) is 3.10. The van der Waals surface area contributed by atoms with E-state index in [0.29, 0.717) is 5.11 Å². The number of benzene rings is 2. The summed E-state index contributed by atoms with van der Waals surface area (Å²) in [6.45, 7) is 6.27. The lowest BCUT2D eigenvalue weighted by Crippen LogP contribution is -2.19. The molecule has 3 aromatic rings. The summed E-state index contributed by atoms with van der Waals surface area (Å²) in [5, 5.41) is 7.75. The number of anilines is 2. The van der Waals surface area contributed by atoms with Crippen molar-refractivity contribution in [3.05, 3.63) is 53.1 Å². The number of aromatic nitrogens is 1. The highest BCUT2D eigenvalue weighted by molar-refractivity contribution is 7.80. The molecule has 5 heteroatoms. The predicted octanol–water partition coefficient (Wildman–Crippen LogP) is 5.03. The highest BCUT2D eigenvalue weighted by atomic mass is 32.1. The van der Waals surface area contributed by atoms with Crippen LogP contribution >= 0.6 is 23.6 Å². The Hall–Kier alpha value is -1.98. The molecule has 0 aliphatic carbocycles. The second kappa shape index (κ2) is 6.02. The average Bonchev–Trinajstić information content (AvgIpc) is 2.83. The molecule has 0 amide bonds. The molecule has 0 saturated carbocycles. The Morgan fingerprint density at radius 1 is 1.00 bits per heavy atom. The van der Waals surface area contributed by atoms with Crippen molar-refractivity contribution in [3.63, 3.8) is 0 Å². The van der Waals surface area contributed by atoms with Gasteiger partial charge in [-0.15, -0.1) is 0 Å². The third-order valence-corrected chi connectivity index (χ3v) is 4.76. The third-order valence-electron chi connectivity index (χ3n) is 3.62. The van der Waals surface area contributed by atoms with Crippen molar-refractivity contribution in [1.29, 1.82) is 0 Å². The lowest BCUT2D eigenvalue weighted by Gasteiger charge is -2.10. The summed E-state index contributed by atoms with van der Waals surface area (Å²) < 4.78 is 1.17. The van der Waals surface area contributed by atoms with Gasteiger partial charge in [-0.3, -0.25) is 0 Å². The van der Waals surface area contributed by atoms with Crippen molar-refractivity contribution in [2.75, 3.05) is 10.6 Å². The molecule has 1 aromatic heterocycles. The molecule has 0 atom stereocenters. The maximum Gasteiger partial charge on any atom is 0.190 e. The van der Waals surface area contributed by atoms with Gasteiger partial charge in [-0.05, 0) is 67.9 Å². The van der Waals surface area contributed by atoms with Crippen LogP contribution in [0.2, 0.25) is 0 Å². The number of nitrogens with one attached hydrogen (secondary N) is 2. The summed E-state index contributed by atoms with van der Waals surface area (Å²) in [6.07, 6.45) is 0. The van der Waals surface area contributed by atoms with Crippen LogP contribution in [-0.2, 0) is 0 Å². The Labute approximate surface area is 139 Å². The van der Waals surface area contributed by atoms with Gasteiger partial charge in [0.1, 0.15) is 0 Å². The van der Waals surface area contributed by atoms with Crippen molar-refractivity contribution in [3.8, 4) is 0 Å². The number of hydrogen-bond acceptors (Lipinski definition) is 3. The first kappa shape index (κ1) is 14.9. The minimum Gasteiger partial charge on any atom is -0.332 e. The SMILES string of the molecule is Cc1cc2nc(NC(=S)Nc3ccccc3C)sc2cc1C. The molecule has 0 radical (unpaired) electrons.